The first-order chi connectivity index (χ1) is 13.6. The molecule has 0 unspecified atom stereocenters. The summed E-state index contributed by atoms with van der Waals surface area (Å²) in [5.74, 6) is 1.78. The zero-order valence-corrected chi connectivity index (χ0v) is 17.0. The van der Waals surface area contributed by atoms with E-state index >= 15 is 0 Å². The van der Waals surface area contributed by atoms with Crippen LogP contribution in [0.5, 0.6) is 11.5 Å². The van der Waals surface area contributed by atoms with Crippen molar-refractivity contribution in [3.05, 3.63) is 59.2 Å². The number of ether oxygens (including phenoxy) is 2. The quantitative estimate of drug-likeness (QED) is 0.796. The number of benzene rings is 2. The van der Waals surface area contributed by atoms with Crippen LogP contribution in [-0.2, 0) is 17.9 Å². The molecule has 1 saturated heterocycles. The molecule has 28 heavy (non-hydrogen) atoms. The molecule has 2 aromatic rings. The summed E-state index contributed by atoms with van der Waals surface area (Å²) in [7, 11) is 3.32. The average molecular weight is 383 g/mol. The SMILES string of the molecule is COc1cc(C)cc(OC)c1CN(Cc1ccccc1)C(=O)C1CCNCC1. The highest BCUT2D eigenvalue weighted by molar-refractivity contribution is 5.79. The van der Waals surface area contributed by atoms with Gasteiger partial charge in [-0.1, -0.05) is 30.3 Å². The molecule has 1 aliphatic heterocycles. The average Bonchev–Trinajstić information content (AvgIpc) is 2.74. The molecule has 2 aromatic carbocycles. The lowest BCUT2D eigenvalue weighted by atomic mass is 9.96. The maximum Gasteiger partial charge on any atom is 0.226 e. The van der Waals surface area contributed by atoms with Gasteiger partial charge in [-0.2, -0.15) is 0 Å². The Morgan fingerprint density at radius 1 is 1.04 bits per heavy atom. The fourth-order valence-electron chi connectivity index (χ4n) is 3.80. The highest BCUT2D eigenvalue weighted by atomic mass is 16.5. The van der Waals surface area contributed by atoms with Crippen molar-refractivity contribution in [1.29, 1.82) is 0 Å². The molecular weight excluding hydrogens is 352 g/mol. The first-order valence-electron chi connectivity index (χ1n) is 9.87. The van der Waals surface area contributed by atoms with Crippen LogP contribution in [0.1, 0.15) is 29.5 Å². The number of nitrogens with zero attached hydrogens (tertiary/aromatic N) is 1. The van der Waals surface area contributed by atoms with Gasteiger partial charge in [-0.05, 0) is 56.1 Å². The van der Waals surface area contributed by atoms with Gasteiger partial charge in [0.05, 0.1) is 26.3 Å². The van der Waals surface area contributed by atoms with E-state index in [1.54, 1.807) is 14.2 Å². The van der Waals surface area contributed by atoms with Crippen LogP contribution in [0.25, 0.3) is 0 Å². The van der Waals surface area contributed by atoms with Gasteiger partial charge < -0.3 is 19.7 Å². The number of carbonyl (C=O) groups excluding carboxylic acids is 1. The van der Waals surface area contributed by atoms with Crippen molar-refractivity contribution < 1.29 is 14.3 Å². The van der Waals surface area contributed by atoms with Gasteiger partial charge in [-0.3, -0.25) is 4.79 Å². The molecule has 1 N–H and O–H groups in total. The number of hydrogen-bond acceptors (Lipinski definition) is 4. The third kappa shape index (κ3) is 4.84. The molecule has 0 aromatic heterocycles. The Bertz CT molecular complexity index is 761. The fourth-order valence-corrected chi connectivity index (χ4v) is 3.80. The van der Waals surface area contributed by atoms with Crippen LogP contribution in [0.4, 0.5) is 0 Å². The number of aryl methyl sites for hydroxylation is 1. The van der Waals surface area contributed by atoms with Crippen molar-refractivity contribution in [2.45, 2.75) is 32.9 Å². The minimum Gasteiger partial charge on any atom is -0.496 e. The summed E-state index contributed by atoms with van der Waals surface area (Å²) in [5.41, 5.74) is 3.10. The lowest BCUT2D eigenvalue weighted by molar-refractivity contribution is -0.137. The number of rotatable bonds is 7. The van der Waals surface area contributed by atoms with Gasteiger partial charge in [-0.15, -0.1) is 0 Å². The van der Waals surface area contributed by atoms with Crippen molar-refractivity contribution in [1.82, 2.24) is 10.2 Å². The third-order valence-corrected chi connectivity index (χ3v) is 5.32. The fraction of sp³-hybridized carbons (Fsp3) is 0.435. The molecule has 0 spiro atoms. The summed E-state index contributed by atoms with van der Waals surface area (Å²) in [6.07, 6.45) is 1.76. The predicted octanol–water partition coefficient (Wildman–Crippen LogP) is 3.54. The van der Waals surface area contributed by atoms with Crippen LogP contribution >= 0.6 is 0 Å². The van der Waals surface area contributed by atoms with E-state index in [0.717, 1.165) is 54.1 Å². The number of piperidine rings is 1. The van der Waals surface area contributed by atoms with Crippen LogP contribution < -0.4 is 14.8 Å². The van der Waals surface area contributed by atoms with E-state index < -0.39 is 0 Å². The minimum atomic E-state index is 0.0624. The second-order valence-corrected chi connectivity index (χ2v) is 7.35. The van der Waals surface area contributed by atoms with E-state index in [9.17, 15) is 4.79 Å². The van der Waals surface area contributed by atoms with Gasteiger partial charge in [-0.25, -0.2) is 0 Å². The maximum atomic E-state index is 13.4. The van der Waals surface area contributed by atoms with Crippen LogP contribution in [0.2, 0.25) is 0 Å². The van der Waals surface area contributed by atoms with Crippen LogP contribution in [-0.4, -0.2) is 38.1 Å². The van der Waals surface area contributed by atoms with Gasteiger partial charge in [0.2, 0.25) is 5.91 Å². The molecule has 0 saturated carbocycles. The van der Waals surface area contributed by atoms with Gasteiger partial charge in [0.15, 0.2) is 0 Å². The second-order valence-electron chi connectivity index (χ2n) is 7.35. The third-order valence-electron chi connectivity index (χ3n) is 5.32. The lowest BCUT2D eigenvalue weighted by Crippen LogP contribution is -2.40. The number of amides is 1. The van der Waals surface area contributed by atoms with E-state index in [1.807, 2.05) is 42.2 Å². The molecule has 0 radical (unpaired) electrons. The number of nitrogens with one attached hydrogen (secondary N) is 1. The minimum absolute atomic E-state index is 0.0624. The molecule has 5 nitrogen and oxygen atoms in total. The summed E-state index contributed by atoms with van der Waals surface area (Å²) in [6, 6.07) is 14.1. The van der Waals surface area contributed by atoms with Crippen LogP contribution in [0.3, 0.4) is 0 Å². The highest BCUT2D eigenvalue weighted by Crippen LogP contribution is 2.32. The van der Waals surface area contributed by atoms with Crippen molar-refractivity contribution in [3.63, 3.8) is 0 Å². The Kier molecular flexibility index (Phi) is 6.93. The zero-order chi connectivity index (χ0) is 19.9. The summed E-state index contributed by atoms with van der Waals surface area (Å²) < 4.78 is 11.2. The van der Waals surface area contributed by atoms with E-state index in [-0.39, 0.29) is 11.8 Å². The summed E-state index contributed by atoms with van der Waals surface area (Å²) in [4.78, 5) is 15.3. The topological polar surface area (TPSA) is 50.8 Å². The van der Waals surface area contributed by atoms with Gasteiger partial charge >= 0.3 is 0 Å². The summed E-state index contributed by atoms with van der Waals surface area (Å²) >= 11 is 0. The highest BCUT2D eigenvalue weighted by Gasteiger charge is 2.27. The number of hydrogen-bond donors (Lipinski definition) is 1. The van der Waals surface area contributed by atoms with Crippen molar-refractivity contribution in [3.8, 4) is 11.5 Å². The van der Waals surface area contributed by atoms with Crippen molar-refractivity contribution >= 4 is 5.91 Å². The lowest BCUT2D eigenvalue weighted by Gasteiger charge is -2.31. The molecule has 5 heteroatoms. The van der Waals surface area contributed by atoms with E-state index in [0.29, 0.717) is 13.1 Å². The smallest absolute Gasteiger partial charge is 0.226 e. The molecule has 0 bridgehead atoms. The van der Waals surface area contributed by atoms with E-state index in [2.05, 4.69) is 17.4 Å². The standard InChI is InChI=1S/C23H30N2O3/c1-17-13-21(27-2)20(22(14-17)28-3)16-25(15-18-7-5-4-6-8-18)23(26)19-9-11-24-12-10-19/h4-8,13-14,19,24H,9-12,15-16H2,1-3H3. The van der Waals surface area contributed by atoms with Gasteiger partial charge in [0.1, 0.15) is 11.5 Å². The van der Waals surface area contributed by atoms with Gasteiger partial charge in [0, 0.05) is 12.5 Å². The first kappa shape index (κ1) is 20.2. The normalized spacial score (nSPS) is 14.5. The Hall–Kier alpha value is -2.53. The molecule has 0 atom stereocenters. The van der Waals surface area contributed by atoms with Gasteiger partial charge in [0.25, 0.3) is 0 Å². The number of methoxy groups -OCH3 is 2. The number of carbonyl (C=O) groups is 1. The maximum absolute atomic E-state index is 13.4. The molecule has 150 valence electrons. The molecular formula is C23H30N2O3. The zero-order valence-electron chi connectivity index (χ0n) is 17.0. The molecule has 3 rings (SSSR count). The van der Waals surface area contributed by atoms with Crippen LogP contribution in [0.15, 0.2) is 42.5 Å². The second kappa shape index (κ2) is 9.60. The molecule has 1 aliphatic rings. The van der Waals surface area contributed by atoms with E-state index in [1.165, 1.54) is 0 Å². The molecule has 1 heterocycles. The van der Waals surface area contributed by atoms with E-state index in [4.69, 9.17) is 9.47 Å². The molecule has 1 fully saturated rings. The summed E-state index contributed by atoms with van der Waals surface area (Å²) in [5, 5.41) is 3.34. The molecule has 0 aliphatic carbocycles. The predicted molar refractivity (Wildman–Crippen MR) is 111 cm³/mol. The molecule has 1 amide bonds. The first-order valence-corrected chi connectivity index (χ1v) is 9.87. The van der Waals surface area contributed by atoms with Crippen molar-refractivity contribution in [2.75, 3.05) is 27.3 Å². The largest absolute Gasteiger partial charge is 0.496 e. The van der Waals surface area contributed by atoms with Crippen LogP contribution in [0, 0.1) is 12.8 Å². The Morgan fingerprint density at radius 2 is 1.64 bits per heavy atom. The Balaban J connectivity index is 1.91. The monoisotopic (exact) mass is 382 g/mol. The Labute approximate surface area is 167 Å². The van der Waals surface area contributed by atoms with Crippen molar-refractivity contribution in [2.24, 2.45) is 5.92 Å². The summed E-state index contributed by atoms with van der Waals surface area (Å²) in [6.45, 7) is 4.84. The Morgan fingerprint density at radius 3 is 2.21 bits per heavy atom.